The highest BCUT2D eigenvalue weighted by atomic mass is 79.9. The van der Waals surface area contributed by atoms with Crippen molar-refractivity contribution in [3.8, 4) is 5.75 Å². The first-order valence-corrected chi connectivity index (χ1v) is 7.34. The molecule has 0 aliphatic carbocycles. The largest absolute Gasteiger partial charge is 0.494 e. The van der Waals surface area contributed by atoms with Gasteiger partial charge in [-0.3, -0.25) is 0 Å². The molecule has 1 N–H and O–H groups in total. The summed E-state index contributed by atoms with van der Waals surface area (Å²) >= 11 is 16.7. The normalized spacial score (nSPS) is 10.4. The molecule has 0 radical (unpaired) electrons. The number of hydrogen-bond donors (Lipinski definition) is 1. The molecule has 2 aromatic rings. The van der Waals surface area contributed by atoms with E-state index < -0.39 is 0 Å². The Morgan fingerprint density at radius 2 is 2.22 bits per heavy atom. The van der Waals surface area contributed by atoms with E-state index in [0.29, 0.717) is 21.8 Å². The number of nitrogens with zero attached hydrogens (tertiary/aromatic N) is 1. The van der Waals surface area contributed by atoms with Gasteiger partial charge in [0.05, 0.1) is 23.1 Å². The van der Waals surface area contributed by atoms with E-state index in [0.717, 1.165) is 15.0 Å². The van der Waals surface area contributed by atoms with Gasteiger partial charge in [-0.2, -0.15) is 0 Å². The van der Waals surface area contributed by atoms with E-state index in [1.807, 2.05) is 12.1 Å². The van der Waals surface area contributed by atoms with Crippen molar-refractivity contribution < 1.29 is 4.74 Å². The van der Waals surface area contributed by atoms with E-state index >= 15 is 0 Å². The first kappa shape index (κ1) is 13.9. The van der Waals surface area contributed by atoms with Gasteiger partial charge >= 0.3 is 0 Å². The van der Waals surface area contributed by atoms with Crippen LogP contribution in [-0.2, 0) is 6.54 Å². The molecule has 1 aromatic carbocycles. The topological polar surface area (TPSA) is 34.1 Å². The van der Waals surface area contributed by atoms with Gasteiger partial charge in [0.2, 0.25) is 0 Å². The quantitative estimate of drug-likeness (QED) is 0.839. The standard InChI is InChI=1S/C11H9BrCl2N2OS/c1-17-10-8(12)2-6(3-9(10)13)15-4-7-5-16-11(14)18-7/h2-3,5,15H,4H2,1H3. The predicted molar refractivity (Wildman–Crippen MR) is 80.2 cm³/mol. The SMILES string of the molecule is COc1c(Cl)cc(NCc2cnc(Cl)s2)cc1Br. The number of anilines is 1. The smallest absolute Gasteiger partial charge is 0.183 e. The van der Waals surface area contributed by atoms with Crippen LogP contribution >= 0.6 is 50.5 Å². The second-order valence-electron chi connectivity index (χ2n) is 3.41. The number of halogens is 3. The Balaban J connectivity index is 2.10. The molecule has 0 aliphatic heterocycles. The van der Waals surface area contributed by atoms with Crippen LogP contribution in [0.15, 0.2) is 22.8 Å². The molecule has 7 heteroatoms. The van der Waals surface area contributed by atoms with Crippen molar-refractivity contribution in [1.82, 2.24) is 4.98 Å². The number of nitrogens with one attached hydrogen (secondary N) is 1. The van der Waals surface area contributed by atoms with Gasteiger partial charge < -0.3 is 10.1 Å². The maximum Gasteiger partial charge on any atom is 0.183 e. The molecule has 0 atom stereocenters. The molecular weight excluding hydrogens is 359 g/mol. The molecule has 1 heterocycles. The van der Waals surface area contributed by atoms with Gasteiger partial charge in [0.15, 0.2) is 10.2 Å². The van der Waals surface area contributed by atoms with Crippen LogP contribution in [-0.4, -0.2) is 12.1 Å². The Morgan fingerprint density at radius 3 is 2.78 bits per heavy atom. The van der Waals surface area contributed by atoms with Crippen LogP contribution in [0.3, 0.4) is 0 Å². The maximum atomic E-state index is 6.09. The average Bonchev–Trinajstić information content (AvgIpc) is 2.72. The summed E-state index contributed by atoms with van der Waals surface area (Å²) < 4.78 is 6.51. The Labute approximate surface area is 127 Å². The van der Waals surface area contributed by atoms with E-state index in [1.165, 1.54) is 11.3 Å². The Kier molecular flexibility index (Phi) is 4.72. The summed E-state index contributed by atoms with van der Waals surface area (Å²) in [5.74, 6) is 0.628. The first-order chi connectivity index (χ1) is 8.60. The summed E-state index contributed by atoms with van der Waals surface area (Å²) in [6, 6.07) is 3.72. The molecule has 2 rings (SSSR count). The molecule has 1 aromatic heterocycles. The minimum absolute atomic E-state index is 0.542. The molecule has 0 saturated heterocycles. The van der Waals surface area contributed by atoms with Gasteiger partial charge in [-0.05, 0) is 28.1 Å². The van der Waals surface area contributed by atoms with Gasteiger partial charge in [0.1, 0.15) is 0 Å². The highest BCUT2D eigenvalue weighted by Crippen LogP contribution is 2.36. The number of hydrogen-bond acceptors (Lipinski definition) is 4. The highest BCUT2D eigenvalue weighted by molar-refractivity contribution is 9.10. The summed E-state index contributed by atoms with van der Waals surface area (Å²) in [6.45, 7) is 0.652. The minimum Gasteiger partial charge on any atom is -0.494 e. The zero-order chi connectivity index (χ0) is 13.1. The Hall–Kier alpha value is -0.490. The average molecular weight is 368 g/mol. The van der Waals surface area contributed by atoms with Crippen LogP contribution in [0.25, 0.3) is 0 Å². The number of methoxy groups -OCH3 is 1. The van der Waals surface area contributed by atoms with E-state index in [2.05, 4.69) is 26.2 Å². The zero-order valence-corrected chi connectivity index (χ0v) is 13.3. The third kappa shape index (κ3) is 3.29. The minimum atomic E-state index is 0.542. The number of benzene rings is 1. The molecule has 0 amide bonds. The van der Waals surface area contributed by atoms with Crippen molar-refractivity contribution in [3.05, 3.63) is 37.2 Å². The molecule has 0 unspecified atom stereocenters. The van der Waals surface area contributed by atoms with Gasteiger partial charge in [-0.15, -0.1) is 11.3 Å². The van der Waals surface area contributed by atoms with Crippen molar-refractivity contribution in [3.63, 3.8) is 0 Å². The van der Waals surface area contributed by atoms with Crippen molar-refractivity contribution in [1.29, 1.82) is 0 Å². The molecule has 0 fully saturated rings. The Morgan fingerprint density at radius 1 is 1.44 bits per heavy atom. The van der Waals surface area contributed by atoms with Crippen LogP contribution in [0, 0.1) is 0 Å². The van der Waals surface area contributed by atoms with Gasteiger partial charge in [0.25, 0.3) is 0 Å². The monoisotopic (exact) mass is 366 g/mol. The van der Waals surface area contributed by atoms with Crippen LogP contribution in [0.1, 0.15) is 4.88 Å². The molecule has 0 saturated carbocycles. The lowest BCUT2D eigenvalue weighted by Gasteiger charge is -2.10. The second kappa shape index (κ2) is 6.10. The number of thiazole rings is 1. The summed E-state index contributed by atoms with van der Waals surface area (Å²) in [4.78, 5) is 5.04. The molecule has 18 heavy (non-hydrogen) atoms. The van der Waals surface area contributed by atoms with Gasteiger partial charge in [0, 0.05) is 16.8 Å². The Bertz CT molecular complexity index is 539. The first-order valence-electron chi connectivity index (χ1n) is 4.97. The molecule has 96 valence electrons. The van der Waals surface area contributed by atoms with E-state index in [9.17, 15) is 0 Å². The fourth-order valence-electron chi connectivity index (χ4n) is 1.41. The van der Waals surface area contributed by atoms with Crippen molar-refractivity contribution in [2.45, 2.75) is 6.54 Å². The van der Waals surface area contributed by atoms with Crippen LogP contribution in [0.5, 0.6) is 5.75 Å². The third-order valence-electron chi connectivity index (χ3n) is 2.19. The fraction of sp³-hybridized carbons (Fsp3) is 0.182. The summed E-state index contributed by atoms with van der Waals surface area (Å²) in [6.07, 6.45) is 1.75. The number of ether oxygens (including phenoxy) is 1. The van der Waals surface area contributed by atoms with Crippen LogP contribution in [0.4, 0.5) is 5.69 Å². The summed E-state index contributed by atoms with van der Waals surface area (Å²) in [5, 5.41) is 3.80. The van der Waals surface area contributed by atoms with E-state index in [4.69, 9.17) is 27.9 Å². The third-order valence-corrected chi connectivity index (χ3v) is 4.18. The molecule has 0 aliphatic rings. The summed E-state index contributed by atoms with van der Waals surface area (Å²) in [5.41, 5.74) is 0.900. The second-order valence-corrected chi connectivity index (χ2v) is 6.37. The predicted octanol–water partition coefficient (Wildman–Crippen LogP) is 4.83. The lowest BCUT2D eigenvalue weighted by molar-refractivity contribution is 0.412. The maximum absolute atomic E-state index is 6.09. The molecular formula is C11H9BrCl2N2OS. The molecule has 0 spiro atoms. The molecule has 0 bridgehead atoms. The van der Waals surface area contributed by atoms with Gasteiger partial charge in [-0.25, -0.2) is 4.98 Å². The van der Waals surface area contributed by atoms with Crippen molar-refractivity contribution >= 4 is 56.2 Å². The van der Waals surface area contributed by atoms with E-state index in [1.54, 1.807) is 13.3 Å². The van der Waals surface area contributed by atoms with Crippen molar-refractivity contribution in [2.75, 3.05) is 12.4 Å². The lowest BCUT2D eigenvalue weighted by atomic mass is 10.3. The van der Waals surface area contributed by atoms with Crippen molar-refractivity contribution in [2.24, 2.45) is 0 Å². The highest BCUT2D eigenvalue weighted by Gasteiger charge is 2.08. The number of aromatic nitrogens is 1. The molecule has 3 nitrogen and oxygen atoms in total. The number of rotatable bonds is 4. The van der Waals surface area contributed by atoms with Crippen LogP contribution < -0.4 is 10.1 Å². The van der Waals surface area contributed by atoms with E-state index in [-0.39, 0.29) is 0 Å². The fourth-order valence-corrected chi connectivity index (χ4v) is 3.36. The lowest BCUT2D eigenvalue weighted by Crippen LogP contribution is -1.98. The van der Waals surface area contributed by atoms with Gasteiger partial charge in [-0.1, -0.05) is 23.2 Å². The zero-order valence-electron chi connectivity index (χ0n) is 9.34. The van der Waals surface area contributed by atoms with Crippen LogP contribution in [0.2, 0.25) is 9.49 Å². The summed E-state index contributed by atoms with van der Waals surface area (Å²) in [7, 11) is 1.58.